The summed E-state index contributed by atoms with van der Waals surface area (Å²) < 4.78 is 4.96. The van der Waals surface area contributed by atoms with Gasteiger partial charge in [-0.05, 0) is 5.92 Å². The van der Waals surface area contributed by atoms with Crippen molar-refractivity contribution in [2.24, 2.45) is 5.92 Å². The number of ether oxygens (including phenoxy) is 1. The summed E-state index contributed by atoms with van der Waals surface area (Å²) in [6, 6.07) is 0. The van der Waals surface area contributed by atoms with Crippen LogP contribution < -0.4 is 5.32 Å². The highest BCUT2D eigenvalue weighted by Gasteiger charge is 2.00. The van der Waals surface area contributed by atoms with Crippen LogP contribution in [0.5, 0.6) is 0 Å². The van der Waals surface area contributed by atoms with Gasteiger partial charge < -0.3 is 10.1 Å². The number of nitrogens with one attached hydrogen (secondary N) is 1. The minimum atomic E-state index is 0.666. The Morgan fingerprint density at radius 2 is 2.06 bits per heavy atom. The van der Waals surface area contributed by atoms with Gasteiger partial charge in [0.05, 0.1) is 6.61 Å². The molecule has 1 N–H and O–H groups in total. The summed E-state index contributed by atoms with van der Waals surface area (Å²) in [6.45, 7) is 6.75. The predicted octanol–water partition coefficient (Wildman–Crippen LogP) is 1.96. The number of hydrogen-bond donors (Lipinski definition) is 1. The molecule has 4 nitrogen and oxygen atoms in total. The van der Waals surface area contributed by atoms with Crippen LogP contribution in [0.4, 0.5) is 0 Å². The third kappa shape index (κ3) is 6.61. The summed E-state index contributed by atoms with van der Waals surface area (Å²) in [5.41, 5.74) is 1.11. The van der Waals surface area contributed by atoms with Crippen LogP contribution in [-0.4, -0.2) is 36.0 Å². The third-order valence-corrected chi connectivity index (χ3v) is 3.34. The second-order valence-corrected chi connectivity index (χ2v) is 5.24. The van der Waals surface area contributed by atoms with Gasteiger partial charge in [-0.3, -0.25) is 0 Å². The normalized spacial score (nSPS) is 11.1. The average Bonchev–Trinajstić information content (AvgIpc) is 2.33. The second-order valence-electron chi connectivity index (χ2n) is 4.25. The molecule has 0 saturated carbocycles. The van der Waals surface area contributed by atoms with E-state index >= 15 is 0 Å². The van der Waals surface area contributed by atoms with Gasteiger partial charge in [-0.25, -0.2) is 9.97 Å². The Hall–Kier alpha value is -0.650. The number of rotatable bonds is 8. The molecule has 0 amide bonds. The van der Waals surface area contributed by atoms with E-state index in [0.29, 0.717) is 5.92 Å². The number of methoxy groups -OCH3 is 1. The first-order chi connectivity index (χ1) is 8.22. The van der Waals surface area contributed by atoms with Gasteiger partial charge in [0.15, 0.2) is 5.16 Å². The number of hydrogen-bond acceptors (Lipinski definition) is 5. The fourth-order valence-corrected chi connectivity index (χ4v) is 1.89. The molecule has 0 atom stereocenters. The highest BCUT2D eigenvalue weighted by atomic mass is 32.2. The van der Waals surface area contributed by atoms with Crippen LogP contribution in [0.2, 0.25) is 0 Å². The predicted molar refractivity (Wildman–Crippen MR) is 71.2 cm³/mol. The Kier molecular flexibility index (Phi) is 7.16. The quantitative estimate of drug-likeness (QED) is 0.437. The Morgan fingerprint density at radius 3 is 2.65 bits per heavy atom. The Labute approximate surface area is 108 Å². The molecule has 0 fully saturated rings. The van der Waals surface area contributed by atoms with Gasteiger partial charge in [-0.2, -0.15) is 0 Å². The van der Waals surface area contributed by atoms with Crippen molar-refractivity contribution in [2.75, 3.05) is 26.0 Å². The van der Waals surface area contributed by atoms with Gasteiger partial charge in [0.2, 0.25) is 0 Å². The lowest BCUT2D eigenvalue weighted by Crippen LogP contribution is -2.18. The van der Waals surface area contributed by atoms with E-state index in [9.17, 15) is 0 Å². The zero-order chi connectivity index (χ0) is 12.5. The van der Waals surface area contributed by atoms with Crippen LogP contribution in [0.15, 0.2) is 17.6 Å². The molecule has 0 bridgehead atoms. The van der Waals surface area contributed by atoms with E-state index in [2.05, 4.69) is 29.1 Å². The smallest absolute Gasteiger partial charge is 0.187 e. The fourth-order valence-electron chi connectivity index (χ4n) is 1.16. The monoisotopic (exact) mass is 255 g/mol. The summed E-state index contributed by atoms with van der Waals surface area (Å²) >= 11 is 1.71. The fraction of sp³-hybridized carbons (Fsp3) is 0.667. The summed E-state index contributed by atoms with van der Waals surface area (Å²) in [5, 5.41) is 4.12. The van der Waals surface area contributed by atoms with Gasteiger partial charge in [0, 0.05) is 43.9 Å². The molecule has 1 aromatic heterocycles. The molecular weight excluding hydrogens is 234 g/mol. The summed E-state index contributed by atoms with van der Waals surface area (Å²) in [6.07, 6.45) is 3.77. The molecule has 5 heteroatoms. The molecule has 1 aromatic rings. The summed E-state index contributed by atoms with van der Waals surface area (Å²) in [5.74, 6) is 1.73. The number of nitrogens with zero attached hydrogens (tertiary/aromatic N) is 2. The molecule has 0 aromatic carbocycles. The molecule has 0 aliphatic carbocycles. The topological polar surface area (TPSA) is 47.0 Å². The maximum Gasteiger partial charge on any atom is 0.187 e. The van der Waals surface area contributed by atoms with Crippen molar-refractivity contribution < 1.29 is 4.74 Å². The van der Waals surface area contributed by atoms with Crippen molar-refractivity contribution >= 4 is 11.8 Å². The zero-order valence-corrected chi connectivity index (χ0v) is 11.6. The summed E-state index contributed by atoms with van der Waals surface area (Å²) in [7, 11) is 1.70. The molecule has 0 saturated heterocycles. The van der Waals surface area contributed by atoms with Gasteiger partial charge in [0.25, 0.3) is 0 Å². The van der Waals surface area contributed by atoms with Gasteiger partial charge in [0.1, 0.15) is 0 Å². The Bertz CT molecular complexity index is 303. The first kappa shape index (κ1) is 14.4. The zero-order valence-electron chi connectivity index (χ0n) is 10.8. The molecular formula is C12H21N3OS. The van der Waals surface area contributed by atoms with Crippen LogP contribution >= 0.6 is 11.8 Å². The van der Waals surface area contributed by atoms with Crippen molar-refractivity contribution in [3.63, 3.8) is 0 Å². The third-order valence-electron chi connectivity index (χ3n) is 2.04. The van der Waals surface area contributed by atoms with Crippen LogP contribution in [0.1, 0.15) is 19.4 Å². The average molecular weight is 255 g/mol. The standard InChI is InChI=1S/C12H21N3OS/c1-10(2)9-17-12-14-7-11(8-15-12)6-13-4-5-16-3/h7-8,10,13H,4-6,9H2,1-3H3. The number of aromatic nitrogens is 2. The molecule has 0 aliphatic heterocycles. The molecule has 1 rings (SSSR count). The molecule has 0 radical (unpaired) electrons. The van der Waals surface area contributed by atoms with Gasteiger partial charge in [-0.1, -0.05) is 25.6 Å². The van der Waals surface area contributed by atoms with Crippen molar-refractivity contribution in [3.8, 4) is 0 Å². The van der Waals surface area contributed by atoms with Crippen molar-refractivity contribution in [1.82, 2.24) is 15.3 Å². The van der Waals surface area contributed by atoms with E-state index in [1.54, 1.807) is 18.9 Å². The molecule has 96 valence electrons. The van der Waals surface area contributed by atoms with Crippen LogP contribution in [0.25, 0.3) is 0 Å². The van der Waals surface area contributed by atoms with Crippen LogP contribution in [0, 0.1) is 5.92 Å². The maximum atomic E-state index is 4.96. The number of thioether (sulfide) groups is 1. The van der Waals surface area contributed by atoms with E-state index in [0.717, 1.165) is 36.2 Å². The molecule has 0 aliphatic rings. The van der Waals surface area contributed by atoms with Crippen molar-refractivity contribution in [2.45, 2.75) is 25.5 Å². The maximum absolute atomic E-state index is 4.96. The Balaban J connectivity index is 2.29. The van der Waals surface area contributed by atoms with Gasteiger partial charge >= 0.3 is 0 Å². The van der Waals surface area contributed by atoms with Gasteiger partial charge in [-0.15, -0.1) is 0 Å². The van der Waals surface area contributed by atoms with E-state index < -0.39 is 0 Å². The van der Waals surface area contributed by atoms with Crippen LogP contribution in [-0.2, 0) is 11.3 Å². The Morgan fingerprint density at radius 1 is 1.35 bits per heavy atom. The minimum absolute atomic E-state index is 0.666. The highest BCUT2D eigenvalue weighted by molar-refractivity contribution is 7.99. The molecule has 17 heavy (non-hydrogen) atoms. The highest BCUT2D eigenvalue weighted by Crippen LogP contribution is 2.15. The lowest BCUT2D eigenvalue weighted by Gasteiger charge is -2.05. The lowest BCUT2D eigenvalue weighted by atomic mass is 10.3. The summed E-state index contributed by atoms with van der Waals surface area (Å²) in [4.78, 5) is 8.66. The molecule has 1 heterocycles. The lowest BCUT2D eigenvalue weighted by molar-refractivity contribution is 0.199. The van der Waals surface area contributed by atoms with Crippen molar-refractivity contribution in [3.05, 3.63) is 18.0 Å². The first-order valence-electron chi connectivity index (χ1n) is 5.85. The molecule has 0 unspecified atom stereocenters. The minimum Gasteiger partial charge on any atom is -0.383 e. The van der Waals surface area contributed by atoms with E-state index in [-0.39, 0.29) is 0 Å². The van der Waals surface area contributed by atoms with Crippen molar-refractivity contribution in [1.29, 1.82) is 0 Å². The van der Waals surface area contributed by atoms with Crippen LogP contribution in [0.3, 0.4) is 0 Å². The van der Waals surface area contributed by atoms with E-state index in [1.807, 2.05) is 12.4 Å². The first-order valence-corrected chi connectivity index (χ1v) is 6.84. The second kappa shape index (κ2) is 8.44. The molecule has 0 spiro atoms. The largest absolute Gasteiger partial charge is 0.383 e. The SMILES string of the molecule is COCCNCc1cnc(SCC(C)C)nc1. The van der Waals surface area contributed by atoms with E-state index in [4.69, 9.17) is 4.74 Å². The van der Waals surface area contributed by atoms with E-state index in [1.165, 1.54) is 0 Å².